The second-order valence-corrected chi connectivity index (χ2v) is 8.84. The van der Waals surface area contributed by atoms with Crippen molar-refractivity contribution in [2.45, 2.75) is 20.4 Å². The maximum Gasteiger partial charge on any atom is 0.231 e. The Morgan fingerprint density at radius 1 is 0.969 bits per heavy atom. The van der Waals surface area contributed by atoms with Crippen LogP contribution in [0.2, 0.25) is 0 Å². The van der Waals surface area contributed by atoms with Gasteiger partial charge in [0.2, 0.25) is 12.6 Å². The fraction of sp³-hybridized carbons (Fsp3) is 0.192. The normalized spacial score (nSPS) is 12.3. The van der Waals surface area contributed by atoms with Crippen molar-refractivity contribution >= 4 is 32.5 Å². The van der Waals surface area contributed by atoms with Crippen LogP contribution >= 0.6 is 15.9 Å². The molecule has 0 unspecified atom stereocenters. The number of aromatic nitrogens is 1. The summed E-state index contributed by atoms with van der Waals surface area (Å²) in [5.74, 6) is 2.18. The molecular weight excluding hydrogens is 470 g/mol. The molecule has 0 bridgehead atoms. The van der Waals surface area contributed by atoms with Crippen molar-refractivity contribution in [3.8, 4) is 17.2 Å². The minimum Gasteiger partial charge on any atom is -0.485 e. The van der Waals surface area contributed by atoms with E-state index in [4.69, 9.17) is 14.2 Å². The Balaban J connectivity index is 1.30. The van der Waals surface area contributed by atoms with E-state index < -0.39 is 0 Å². The van der Waals surface area contributed by atoms with Gasteiger partial charge in [-0.15, -0.1) is 0 Å². The molecule has 1 aromatic heterocycles. The van der Waals surface area contributed by atoms with Crippen LogP contribution in [0.5, 0.6) is 17.2 Å². The van der Waals surface area contributed by atoms with Crippen molar-refractivity contribution in [1.29, 1.82) is 0 Å². The molecule has 3 aromatic carbocycles. The number of ketones is 1. The molecule has 0 fully saturated rings. The van der Waals surface area contributed by atoms with Crippen molar-refractivity contribution < 1.29 is 19.0 Å². The number of fused-ring (bicyclic) bond motifs is 2. The van der Waals surface area contributed by atoms with Crippen LogP contribution < -0.4 is 14.2 Å². The van der Waals surface area contributed by atoms with Crippen LogP contribution in [-0.2, 0) is 6.54 Å². The summed E-state index contributed by atoms with van der Waals surface area (Å²) in [4.78, 5) is 12.9. The zero-order valence-electron chi connectivity index (χ0n) is 17.9. The molecule has 2 heterocycles. The summed E-state index contributed by atoms with van der Waals surface area (Å²) in [5.41, 5.74) is 3.74. The largest absolute Gasteiger partial charge is 0.485 e. The molecule has 0 aliphatic carbocycles. The lowest BCUT2D eigenvalue weighted by molar-refractivity contribution is 0.0921. The van der Waals surface area contributed by atoms with Crippen LogP contribution in [0, 0.1) is 13.8 Å². The Labute approximate surface area is 194 Å². The van der Waals surface area contributed by atoms with E-state index in [1.807, 2.05) is 68.4 Å². The van der Waals surface area contributed by atoms with E-state index in [1.165, 1.54) is 0 Å². The van der Waals surface area contributed by atoms with Gasteiger partial charge in [0, 0.05) is 28.0 Å². The molecule has 0 amide bonds. The second kappa shape index (κ2) is 8.36. The van der Waals surface area contributed by atoms with Crippen LogP contribution in [0.4, 0.5) is 0 Å². The highest BCUT2D eigenvalue weighted by Crippen LogP contribution is 2.33. The van der Waals surface area contributed by atoms with E-state index in [1.54, 1.807) is 0 Å². The Kier molecular flexibility index (Phi) is 5.39. The molecule has 162 valence electrons. The lowest BCUT2D eigenvalue weighted by Crippen LogP contribution is -2.13. The molecule has 6 heteroatoms. The summed E-state index contributed by atoms with van der Waals surface area (Å²) in [6.45, 7) is 4.90. The number of aryl methyl sites for hydroxylation is 1. The molecule has 32 heavy (non-hydrogen) atoms. The zero-order valence-corrected chi connectivity index (χ0v) is 19.4. The van der Waals surface area contributed by atoms with Gasteiger partial charge >= 0.3 is 0 Å². The van der Waals surface area contributed by atoms with Crippen molar-refractivity contribution in [2.75, 3.05) is 13.4 Å². The SMILES string of the molecule is Cc1cc(C(=O)COc2ccc3cc(Br)ccc3c2)c(C)n1Cc1ccc2c(c1)OCO2. The molecule has 4 aromatic rings. The first-order valence-electron chi connectivity index (χ1n) is 10.4. The monoisotopic (exact) mass is 491 g/mol. The first kappa shape index (κ1) is 20.6. The molecule has 1 aliphatic rings. The van der Waals surface area contributed by atoms with Crippen molar-refractivity contribution in [2.24, 2.45) is 0 Å². The molecule has 0 atom stereocenters. The number of benzene rings is 3. The van der Waals surface area contributed by atoms with E-state index in [0.717, 1.165) is 43.7 Å². The highest BCUT2D eigenvalue weighted by Gasteiger charge is 2.18. The molecule has 0 radical (unpaired) electrons. The molecule has 5 rings (SSSR count). The summed E-state index contributed by atoms with van der Waals surface area (Å²) in [7, 11) is 0. The maximum atomic E-state index is 12.9. The Morgan fingerprint density at radius 2 is 1.75 bits per heavy atom. The zero-order chi connectivity index (χ0) is 22.2. The fourth-order valence-corrected chi connectivity index (χ4v) is 4.44. The highest BCUT2D eigenvalue weighted by atomic mass is 79.9. The van der Waals surface area contributed by atoms with Crippen LogP contribution in [0.25, 0.3) is 10.8 Å². The quantitative estimate of drug-likeness (QED) is 0.307. The van der Waals surface area contributed by atoms with Crippen molar-refractivity contribution in [3.05, 3.63) is 87.7 Å². The standard InChI is InChI=1S/C26H22BrNO4/c1-16-9-23(17(2)28(16)13-18-3-8-25-26(10-18)32-15-31-25)24(29)14-30-22-7-5-19-11-21(27)6-4-20(19)12-22/h3-12H,13-15H2,1-2H3. The van der Waals surface area contributed by atoms with Gasteiger partial charge in [-0.1, -0.05) is 34.1 Å². The number of halogens is 1. The van der Waals surface area contributed by atoms with Crippen LogP contribution in [0.1, 0.15) is 27.3 Å². The maximum absolute atomic E-state index is 12.9. The lowest BCUT2D eigenvalue weighted by atomic mass is 10.1. The summed E-state index contributed by atoms with van der Waals surface area (Å²) in [5, 5.41) is 2.19. The molecule has 0 spiro atoms. The van der Waals surface area contributed by atoms with Crippen LogP contribution in [0.3, 0.4) is 0 Å². The van der Waals surface area contributed by atoms with E-state index in [-0.39, 0.29) is 19.2 Å². The van der Waals surface area contributed by atoms with E-state index in [0.29, 0.717) is 17.9 Å². The van der Waals surface area contributed by atoms with Gasteiger partial charge in [-0.05, 0) is 72.6 Å². The molecular formula is C26H22BrNO4. The van der Waals surface area contributed by atoms with Crippen molar-refractivity contribution in [3.63, 3.8) is 0 Å². The molecule has 0 saturated carbocycles. The lowest BCUT2D eigenvalue weighted by Gasteiger charge is -2.11. The van der Waals surface area contributed by atoms with E-state index in [2.05, 4.69) is 26.6 Å². The summed E-state index contributed by atoms with van der Waals surface area (Å²) in [6.07, 6.45) is 0. The Bertz CT molecular complexity index is 1340. The molecule has 0 saturated heterocycles. The number of hydrogen-bond acceptors (Lipinski definition) is 4. The van der Waals surface area contributed by atoms with Crippen LogP contribution in [-0.4, -0.2) is 23.8 Å². The first-order chi connectivity index (χ1) is 15.5. The predicted molar refractivity (Wildman–Crippen MR) is 127 cm³/mol. The number of nitrogens with zero attached hydrogens (tertiary/aromatic N) is 1. The third kappa shape index (κ3) is 3.98. The predicted octanol–water partition coefficient (Wildman–Crippen LogP) is 6.06. The van der Waals surface area contributed by atoms with Gasteiger partial charge in [0.15, 0.2) is 18.1 Å². The Hall–Kier alpha value is -3.25. The topological polar surface area (TPSA) is 49.7 Å². The van der Waals surface area contributed by atoms with E-state index >= 15 is 0 Å². The van der Waals surface area contributed by atoms with Gasteiger partial charge in [0.05, 0.1) is 0 Å². The molecule has 1 aliphatic heterocycles. The van der Waals surface area contributed by atoms with Gasteiger partial charge in [-0.3, -0.25) is 4.79 Å². The average molecular weight is 492 g/mol. The van der Waals surface area contributed by atoms with Gasteiger partial charge in [0.1, 0.15) is 5.75 Å². The van der Waals surface area contributed by atoms with E-state index in [9.17, 15) is 4.79 Å². The number of carbonyl (C=O) groups is 1. The molecule has 5 nitrogen and oxygen atoms in total. The summed E-state index contributed by atoms with van der Waals surface area (Å²) >= 11 is 3.49. The number of hydrogen-bond donors (Lipinski definition) is 0. The molecule has 0 N–H and O–H groups in total. The first-order valence-corrected chi connectivity index (χ1v) is 11.2. The minimum absolute atomic E-state index is 0.00362. The number of carbonyl (C=O) groups excluding carboxylic acids is 1. The minimum atomic E-state index is -0.0362. The fourth-order valence-electron chi connectivity index (χ4n) is 4.06. The van der Waals surface area contributed by atoms with Gasteiger partial charge < -0.3 is 18.8 Å². The number of rotatable bonds is 6. The van der Waals surface area contributed by atoms with Crippen LogP contribution in [0.15, 0.2) is 65.1 Å². The van der Waals surface area contributed by atoms with Gasteiger partial charge in [-0.25, -0.2) is 0 Å². The van der Waals surface area contributed by atoms with Gasteiger partial charge in [-0.2, -0.15) is 0 Å². The third-order valence-corrected chi connectivity index (χ3v) is 6.29. The number of ether oxygens (including phenoxy) is 3. The smallest absolute Gasteiger partial charge is 0.231 e. The van der Waals surface area contributed by atoms with Crippen molar-refractivity contribution in [1.82, 2.24) is 4.57 Å². The third-order valence-electron chi connectivity index (χ3n) is 5.80. The Morgan fingerprint density at radius 3 is 2.62 bits per heavy atom. The average Bonchev–Trinajstić information content (AvgIpc) is 3.37. The highest BCUT2D eigenvalue weighted by molar-refractivity contribution is 9.10. The second-order valence-electron chi connectivity index (χ2n) is 7.92. The van der Waals surface area contributed by atoms with Gasteiger partial charge in [0.25, 0.3) is 0 Å². The summed E-state index contributed by atoms with van der Waals surface area (Å²) < 4.78 is 19.9. The number of Topliss-reactive ketones (excluding diaryl/α,β-unsaturated/α-hetero) is 1. The summed E-state index contributed by atoms with van der Waals surface area (Å²) in [6, 6.07) is 19.8.